The minimum absolute atomic E-state index is 0.0875. The minimum Gasteiger partial charge on any atom is -0.346 e. The van der Waals surface area contributed by atoms with Crippen LogP contribution >= 0.6 is 0 Å². The maximum Gasteiger partial charge on any atom is 0.189 e. The third kappa shape index (κ3) is 1.63. The molecule has 2 aromatic rings. The zero-order valence-electron chi connectivity index (χ0n) is 9.66. The molecule has 0 radical (unpaired) electrons. The Morgan fingerprint density at radius 1 is 1.19 bits per heavy atom. The molecule has 0 bridgehead atoms. The maximum atomic E-state index is 11.9. The van der Waals surface area contributed by atoms with E-state index < -0.39 is 0 Å². The fraction of sp³-hybridized carbons (Fsp3) is 0.308. The van der Waals surface area contributed by atoms with E-state index in [2.05, 4.69) is 4.57 Å². The van der Waals surface area contributed by atoms with Crippen molar-refractivity contribution >= 4 is 10.9 Å². The average molecular weight is 216 g/mol. The Morgan fingerprint density at radius 2 is 1.88 bits per heavy atom. The minimum atomic E-state index is 0.0875. The molecular formula is C13H16N2O. The molecule has 1 aromatic heterocycles. The van der Waals surface area contributed by atoms with E-state index in [9.17, 15) is 4.79 Å². The first-order valence-corrected chi connectivity index (χ1v) is 5.44. The van der Waals surface area contributed by atoms with E-state index in [-0.39, 0.29) is 5.43 Å². The van der Waals surface area contributed by atoms with Crippen molar-refractivity contribution in [1.82, 2.24) is 4.57 Å². The quantitative estimate of drug-likeness (QED) is 0.828. The van der Waals surface area contributed by atoms with Crippen LogP contribution in [0.2, 0.25) is 0 Å². The molecular weight excluding hydrogens is 200 g/mol. The second kappa shape index (κ2) is 4.10. The molecule has 1 aromatic carbocycles. The second-order valence-electron chi connectivity index (χ2n) is 4.09. The monoisotopic (exact) mass is 216 g/mol. The highest BCUT2D eigenvalue weighted by Gasteiger charge is 2.07. The van der Waals surface area contributed by atoms with Crippen LogP contribution < -0.4 is 11.2 Å². The molecule has 16 heavy (non-hydrogen) atoms. The van der Waals surface area contributed by atoms with Crippen LogP contribution in [0.4, 0.5) is 0 Å². The van der Waals surface area contributed by atoms with Crippen molar-refractivity contribution in [2.45, 2.75) is 20.4 Å². The van der Waals surface area contributed by atoms with Gasteiger partial charge in [0.05, 0.1) is 5.52 Å². The van der Waals surface area contributed by atoms with Gasteiger partial charge in [-0.3, -0.25) is 4.79 Å². The number of benzene rings is 1. The van der Waals surface area contributed by atoms with Gasteiger partial charge in [0.1, 0.15) is 0 Å². The standard InChI is InChI=1S/C13H16N2O/c1-9-3-4-10(2)13-12(9)11(16)5-7-15(13)8-6-14/h3-5,7H,6,8,14H2,1-2H3. The van der Waals surface area contributed by atoms with Gasteiger partial charge in [0.25, 0.3) is 0 Å². The van der Waals surface area contributed by atoms with Gasteiger partial charge in [-0.15, -0.1) is 0 Å². The fourth-order valence-electron chi connectivity index (χ4n) is 2.12. The van der Waals surface area contributed by atoms with Crippen LogP contribution in [0.5, 0.6) is 0 Å². The summed E-state index contributed by atoms with van der Waals surface area (Å²) in [7, 11) is 0. The largest absolute Gasteiger partial charge is 0.346 e. The average Bonchev–Trinajstić information content (AvgIpc) is 2.26. The number of aryl methyl sites for hydroxylation is 2. The van der Waals surface area contributed by atoms with Crippen molar-refractivity contribution in [3.63, 3.8) is 0 Å². The SMILES string of the molecule is Cc1ccc(C)c2c1c(=O)ccn2CCN. The van der Waals surface area contributed by atoms with E-state index in [1.807, 2.05) is 32.2 Å². The Kier molecular flexibility index (Phi) is 2.79. The van der Waals surface area contributed by atoms with E-state index in [1.54, 1.807) is 6.07 Å². The Hall–Kier alpha value is -1.61. The van der Waals surface area contributed by atoms with Gasteiger partial charge in [-0.25, -0.2) is 0 Å². The van der Waals surface area contributed by atoms with Crippen LogP contribution in [0.25, 0.3) is 10.9 Å². The number of aromatic nitrogens is 1. The number of pyridine rings is 1. The molecule has 84 valence electrons. The Bertz CT molecular complexity index is 584. The van der Waals surface area contributed by atoms with E-state index in [4.69, 9.17) is 5.73 Å². The van der Waals surface area contributed by atoms with Gasteiger partial charge in [-0.2, -0.15) is 0 Å². The summed E-state index contributed by atoms with van der Waals surface area (Å²) in [6.07, 6.45) is 1.82. The van der Waals surface area contributed by atoms with Crippen molar-refractivity contribution in [3.8, 4) is 0 Å². The molecule has 0 amide bonds. The van der Waals surface area contributed by atoms with Crippen LogP contribution in [0.15, 0.2) is 29.2 Å². The molecule has 0 atom stereocenters. The van der Waals surface area contributed by atoms with Crippen molar-refractivity contribution in [1.29, 1.82) is 0 Å². The zero-order chi connectivity index (χ0) is 11.7. The Balaban J connectivity index is 2.91. The summed E-state index contributed by atoms with van der Waals surface area (Å²) in [5, 5.41) is 0.816. The third-order valence-electron chi connectivity index (χ3n) is 2.90. The number of nitrogens with zero attached hydrogens (tertiary/aromatic N) is 1. The van der Waals surface area contributed by atoms with Crippen LogP contribution in [0.3, 0.4) is 0 Å². The number of hydrogen-bond acceptors (Lipinski definition) is 2. The molecule has 0 aliphatic carbocycles. The lowest BCUT2D eigenvalue weighted by Crippen LogP contribution is -2.15. The number of nitrogens with two attached hydrogens (primary N) is 1. The van der Waals surface area contributed by atoms with Crippen molar-refractivity contribution in [2.75, 3.05) is 6.54 Å². The van der Waals surface area contributed by atoms with E-state index in [1.165, 1.54) is 0 Å². The van der Waals surface area contributed by atoms with Gasteiger partial charge < -0.3 is 10.3 Å². The molecule has 0 spiro atoms. The van der Waals surface area contributed by atoms with Gasteiger partial charge in [0.15, 0.2) is 5.43 Å². The van der Waals surface area contributed by atoms with E-state index in [0.29, 0.717) is 6.54 Å². The summed E-state index contributed by atoms with van der Waals surface area (Å²) in [6.45, 7) is 5.30. The van der Waals surface area contributed by atoms with Crippen molar-refractivity contribution in [2.24, 2.45) is 5.73 Å². The molecule has 3 heteroatoms. The fourth-order valence-corrected chi connectivity index (χ4v) is 2.12. The van der Waals surface area contributed by atoms with Crippen LogP contribution in [-0.2, 0) is 6.54 Å². The summed E-state index contributed by atoms with van der Waals surface area (Å²) < 4.78 is 2.05. The lowest BCUT2D eigenvalue weighted by molar-refractivity contribution is 0.727. The molecule has 3 nitrogen and oxygen atoms in total. The Morgan fingerprint density at radius 3 is 2.56 bits per heavy atom. The highest BCUT2D eigenvalue weighted by atomic mass is 16.1. The molecule has 0 saturated carbocycles. The summed E-state index contributed by atoms with van der Waals surface area (Å²) in [5.74, 6) is 0. The molecule has 0 saturated heterocycles. The van der Waals surface area contributed by atoms with Crippen LogP contribution in [0, 0.1) is 13.8 Å². The lowest BCUT2D eigenvalue weighted by Gasteiger charge is -2.13. The lowest BCUT2D eigenvalue weighted by atomic mass is 10.0. The summed E-state index contributed by atoms with van der Waals surface area (Å²) in [6, 6.07) is 5.65. The predicted octanol–water partition coefficient (Wildman–Crippen LogP) is 1.58. The molecule has 1 heterocycles. The molecule has 0 unspecified atom stereocenters. The summed E-state index contributed by atoms with van der Waals surface area (Å²) in [5.41, 5.74) is 8.82. The normalized spacial score (nSPS) is 10.9. The first-order chi connectivity index (χ1) is 7.65. The van der Waals surface area contributed by atoms with Gasteiger partial charge >= 0.3 is 0 Å². The first-order valence-electron chi connectivity index (χ1n) is 5.44. The van der Waals surface area contributed by atoms with Crippen LogP contribution in [0.1, 0.15) is 11.1 Å². The first kappa shape index (κ1) is 10.9. The van der Waals surface area contributed by atoms with Gasteiger partial charge in [-0.1, -0.05) is 12.1 Å². The zero-order valence-corrected chi connectivity index (χ0v) is 9.66. The number of hydrogen-bond donors (Lipinski definition) is 1. The molecule has 0 fully saturated rings. The highest BCUT2D eigenvalue weighted by Crippen LogP contribution is 2.18. The topological polar surface area (TPSA) is 48.0 Å². The number of fused-ring (bicyclic) bond motifs is 1. The summed E-state index contributed by atoms with van der Waals surface area (Å²) in [4.78, 5) is 11.9. The molecule has 2 N–H and O–H groups in total. The number of rotatable bonds is 2. The summed E-state index contributed by atoms with van der Waals surface area (Å²) >= 11 is 0. The Labute approximate surface area is 94.5 Å². The van der Waals surface area contributed by atoms with E-state index in [0.717, 1.165) is 28.6 Å². The third-order valence-corrected chi connectivity index (χ3v) is 2.90. The van der Waals surface area contributed by atoms with Gasteiger partial charge in [0, 0.05) is 30.7 Å². The molecule has 0 aliphatic rings. The van der Waals surface area contributed by atoms with Gasteiger partial charge in [-0.05, 0) is 25.0 Å². The second-order valence-corrected chi connectivity index (χ2v) is 4.09. The van der Waals surface area contributed by atoms with Crippen molar-refractivity contribution in [3.05, 3.63) is 45.7 Å². The highest BCUT2D eigenvalue weighted by molar-refractivity contribution is 5.85. The van der Waals surface area contributed by atoms with E-state index >= 15 is 0 Å². The maximum absolute atomic E-state index is 11.9. The van der Waals surface area contributed by atoms with Crippen LogP contribution in [-0.4, -0.2) is 11.1 Å². The predicted molar refractivity (Wildman–Crippen MR) is 66.7 cm³/mol. The molecule has 2 rings (SSSR count). The van der Waals surface area contributed by atoms with Crippen molar-refractivity contribution < 1.29 is 0 Å². The van der Waals surface area contributed by atoms with Gasteiger partial charge in [0.2, 0.25) is 0 Å². The molecule has 0 aliphatic heterocycles. The smallest absolute Gasteiger partial charge is 0.189 e.